The fourth-order valence-electron chi connectivity index (χ4n) is 2.47. The lowest BCUT2D eigenvalue weighted by Gasteiger charge is -2.08. The van der Waals surface area contributed by atoms with Crippen LogP contribution in [0, 0.1) is 17.0 Å². The third kappa shape index (κ3) is 4.42. The zero-order chi connectivity index (χ0) is 18.5. The predicted molar refractivity (Wildman–Crippen MR) is 105 cm³/mol. The minimum atomic E-state index is -0.447. The summed E-state index contributed by atoms with van der Waals surface area (Å²) in [5.74, 6) is 0. The summed E-state index contributed by atoms with van der Waals surface area (Å²) in [7, 11) is 0. The fraction of sp³-hybridized carbons (Fsp3) is 0.111. The molecule has 0 spiro atoms. The van der Waals surface area contributed by atoms with Gasteiger partial charge in [0.2, 0.25) is 0 Å². The third-order valence-corrected chi connectivity index (χ3v) is 4.00. The number of nitro benzene ring substituents is 1. The van der Waals surface area contributed by atoms with Crippen molar-refractivity contribution in [3.05, 3.63) is 82.2 Å². The monoisotopic (exact) mass is 367 g/mol. The molecule has 1 aromatic heterocycles. The third-order valence-electron chi connectivity index (χ3n) is 3.80. The zero-order valence-electron chi connectivity index (χ0n) is 14.0. The van der Waals surface area contributed by atoms with Crippen LogP contribution < -0.4 is 10.6 Å². The molecule has 0 aliphatic heterocycles. The van der Waals surface area contributed by atoms with E-state index in [1.54, 1.807) is 18.3 Å². The lowest BCUT2D eigenvalue weighted by molar-refractivity contribution is -0.384. The summed E-state index contributed by atoms with van der Waals surface area (Å²) in [4.78, 5) is 10.4. The Kier molecular flexibility index (Phi) is 5.23. The molecule has 1 heterocycles. The van der Waals surface area contributed by atoms with Gasteiger partial charge in [-0.25, -0.2) is 0 Å². The molecule has 0 radical (unpaired) electrons. The minimum Gasteiger partial charge on any atom is -0.332 e. The molecule has 0 atom stereocenters. The largest absolute Gasteiger partial charge is 0.332 e. The number of aryl methyl sites for hydroxylation is 1. The van der Waals surface area contributed by atoms with Crippen molar-refractivity contribution in [2.75, 3.05) is 10.6 Å². The second-order valence-corrected chi connectivity index (χ2v) is 6.15. The summed E-state index contributed by atoms with van der Waals surface area (Å²) >= 11 is 5.26. The molecule has 0 unspecified atom stereocenters. The highest BCUT2D eigenvalue weighted by Crippen LogP contribution is 2.17. The average Bonchev–Trinajstić information content (AvgIpc) is 3.04. The smallest absolute Gasteiger partial charge is 0.271 e. The highest BCUT2D eigenvalue weighted by molar-refractivity contribution is 7.80. The maximum atomic E-state index is 10.8. The topological polar surface area (TPSA) is 85.0 Å². The van der Waals surface area contributed by atoms with Crippen molar-refractivity contribution in [1.29, 1.82) is 0 Å². The molecule has 0 bridgehead atoms. The summed E-state index contributed by atoms with van der Waals surface area (Å²) < 4.78 is 1.82. The van der Waals surface area contributed by atoms with Gasteiger partial charge in [-0.2, -0.15) is 5.10 Å². The van der Waals surface area contributed by atoms with E-state index in [1.165, 1.54) is 23.3 Å². The normalized spacial score (nSPS) is 10.3. The second-order valence-electron chi connectivity index (χ2n) is 5.74. The quantitative estimate of drug-likeness (QED) is 0.403. The van der Waals surface area contributed by atoms with Gasteiger partial charge in [0.1, 0.15) is 0 Å². The van der Waals surface area contributed by atoms with E-state index in [4.69, 9.17) is 12.2 Å². The van der Waals surface area contributed by atoms with Crippen LogP contribution in [0.25, 0.3) is 0 Å². The van der Waals surface area contributed by atoms with Gasteiger partial charge in [0.05, 0.1) is 23.4 Å². The fourth-order valence-corrected chi connectivity index (χ4v) is 2.70. The van der Waals surface area contributed by atoms with Crippen LogP contribution in [0.5, 0.6) is 0 Å². The highest BCUT2D eigenvalue weighted by atomic mass is 32.1. The van der Waals surface area contributed by atoms with Gasteiger partial charge in [0.15, 0.2) is 5.11 Å². The molecule has 0 amide bonds. The van der Waals surface area contributed by atoms with E-state index >= 15 is 0 Å². The molecular weight excluding hydrogens is 350 g/mol. The maximum absolute atomic E-state index is 10.8. The van der Waals surface area contributed by atoms with Crippen molar-refractivity contribution in [1.82, 2.24) is 9.78 Å². The Morgan fingerprint density at radius 1 is 1.19 bits per heavy atom. The number of nitro groups is 1. The van der Waals surface area contributed by atoms with Gasteiger partial charge in [-0.1, -0.05) is 30.3 Å². The molecule has 8 heteroatoms. The number of hydrogen-bond donors (Lipinski definition) is 2. The van der Waals surface area contributed by atoms with E-state index < -0.39 is 4.92 Å². The molecule has 0 aliphatic rings. The molecule has 0 fully saturated rings. The van der Waals surface area contributed by atoms with E-state index in [0.717, 1.165) is 5.69 Å². The van der Waals surface area contributed by atoms with Gasteiger partial charge >= 0.3 is 0 Å². The van der Waals surface area contributed by atoms with Crippen molar-refractivity contribution < 1.29 is 4.92 Å². The molecule has 0 saturated heterocycles. The highest BCUT2D eigenvalue weighted by Gasteiger charge is 2.08. The number of nitrogens with one attached hydrogen (secondary N) is 2. The average molecular weight is 367 g/mol. The number of non-ortho nitro benzene ring substituents is 1. The first kappa shape index (κ1) is 17.6. The Labute approximate surface area is 155 Å². The van der Waals surface area contributed by atoms with E-state index in [0.29, 0.717) is 17.3 Å². The molecule has 2 aromatic carbocycles. The SMILES string of the molecule is Cc1ccccc1Cn1cc(NC(=S)Nc2cccc([N+](=O)[O-])c2)cn1. The first-order chi connectivity index (χ1) is 12.5. The van der Waals surface area contributed by atoms with Gasteiger partial charge in [-0.15, -0.1) is 0 Å². The van der Waals surface area contributed by atoms with Crippen molar-refractivity contribution in [2.24, 2.45) is 0 Å². The predicted octanol–water partition coefficient (Wildman–Crippen LogP) is 3.96. The van der Waals surface area contributed by atoms with Crippen LogP contribution in [-0.2, 0) is 6.54 Å². The van der Waals surface area contributed by atoms with Crippen LogP contribution in [0.3, 0.4) is 0 Å². The molecule has 7 nitrogen and oxygen atoms in total. The van der Waals surface area contributed by atoms with Crippen LogP contribution in [0.2, 0.25) is 0 Å². The molecule has 2 N–H and O–H groups in total. The van der Waals surface area contributed by atoms with Crippen LogP contribution in [0.15, 0.2) is 60.9 Å². The molecule has 0 aliphatic carbocycles. The van der Waals surface area contributed by atoms with Gasteiger partial charge in [0.25, 0.3) is 5.69 Å². The lowest BCUT2D eigenvalue weighted by atomic mass is 10.1. The number of anilines is 2. The molecule has 3 aromatic rings. The minimum absolute atomic E-state index is 0.00357. The number of aromatic nitrogens is 2. The molecule has 3 rings (SSSR count). The van der Waals surface area contributed by atoms with Gasteiger partial charge < -0.3 is 10.6 Å². The van der Waals surface area contributed by atoms with Crippen LogP contribution in [-0.4, -0.2) is 19.8 Å². The van der Waals surface area contributed by atoms with Crippen LogP contribution in [0.4, 0.5) is 17.1 Å². The van der Waals surface area contributed by atoms with Gasteiger partial charge in [-0.3, -0.25) is 14.8 Å². The Balaban J connectivity index is 1.62. The van der Waals surface area contributed by atoms with Crippen molar-refractivity contribution >= 4 is 34.4 Å². The van der Waals surface area contributed by atoms with Gasteiger partial charge in [0, 0.05) is 24.0 Å². The molecule has 0 saturated carbocycles. The Bertz CT molecular complexity index is 954. The van der Waals surface area contributed by atoms with E-state index in [9.17, 15) is 10.1 Å². The van der Waals surface area contributed by atoms with E-state index in [-0.39, 0.29) is 5.69 Å². The van der Waals surface area contributed by atoms with Gasteiger partial charge in [-0.05, 0) is 36.3 Å². The number of benzene rings is 2. The van der Waals surface area contributed by atoms with Crippen molar-refractivity contribution in [3.8, 4) is 0 Å². The van der Waals surface area contributed by atoms with Crippen molar-refractivity contribution in [2.45, 2.75) is 13.5 Å². The van der Waals surface area contributed by atoms with Crippen molar-refractivity contribution in [3.63, 3.8) is 0 Å². The lowest BCUT2D eigenvalue weighted by Crippen LogP contribution is -2.18. The molecule has 26 heavy (non-hydrogen) atoms. The zero-order valence-corrected chi connectivity index (χ0v) is 14.9. The number of rotatable bonds is 5. The summed E-state index contributed by atoms with van der Waals surface area (Å²) in [6, 6.07) is 14.3. The summed E-state index contributed by atoms with van der Waals surface area (Å²) in [5, 5.41) is 21.4. The Morgan fingerprint density at radius 3 is 2.73 bits per heavy atom. The first-order valence-corrected chi connectivity index (χ1v) is 8.31. The Morgan fingerprint density at radius 2 is 1.96 bits per heavy atom. The second kappa shape index (κ2) is 7.75. The summed E-state index contributed by atoms with van der Waals surface area (Å²) in [6.07, 6.45) is 3.54. The van der Waals surface area contributed by atoms with E-state index in [1.807, 2.05) is 23.0 Å². The molecule has 132 valence electrons. The van der Waals surface area contributed by atoms with Crippen LogP contribution >= 0.6 is 12.2 Å². The number of thiocarbonyl (C=S) groups is 1. The van der Waals surface area contributed by atoms with E-state index in [2.05, 4.69) is 34.8 Å². The standard InChI is InChI=1S/C18H17N5O2S/c1-13-5-2-3-6-14(13)11-22-12-16(10-19-22)21-18(26)20-15-7-4-8-17(9-15)23(24)25/h2-10,12H,11H2,1H3,(H2,20,21,26). The number of hydrogen-bond acceptors (Lipinski definition) is 4. The first-order valence-electron chi connectivity index (χ1n) is 7.91. The number of nitrogens with zero attached hydrogens (tertiary/aromatic N) is 3. The molecular formula is C18H17N5O2S. The summed E-state index contributed by atoms with van der Waals surface area (Å²) in [5.41, 5.74) is 3.69. The van der Waals surface area contributed by atoms with Crippen LogP contribution in [0.1, 0.15) is 11.1 Å². The maximum Gasteiger partial charge on any atom is 0.271 e. The Hall–Kier alpha value is -3.26. The summed E-state index contributed by atoms with van der Waals surface area (Å²) in [6.45, 7) is 2.73.